The number of hydrogen-bond donors (Lipinski definition) is 2. The van der Waals surface area contributed by atoms with Crippen molar-refractivity contribution >= 4 is 29.3 Å². The Labute approximate surface area is 166 Å². The molecule has 0 radical (unpaired) electrons. The summed E-state index contributed by atoms with van der Waals surface area (Å²) in [5.41, 5.74) is 2.41. The van der Waals surface area contributed by atoms with Gasteiger partial charge in [-0.2, -0.15) is 20.1 Å². The topological polar surface area (TPSA) is 129 Å². The van der Waals surface area contributed by atoms with E-state index >= 15 is 0 Å². The van der Waals surface area contributed by atoms with Gasteiger partial charge in [0.25, 0.3) is 0 Å². The molecule has 2 aromatic rings. The second kappa shape index (κ2) is 6.55. The quantitative estimate of drug-likeness (QED) is 0.763. The van der Waals surface area contributed by atoms with Gasteiger partial charge in [-0.3, -0.25) is 14.5 Å². The molecule has 2 amide bonds. The molecule has 1 saturated heterocycles. The van der Waals surface area contributed by atoms with E-state index in [9.17, 15) is 14.9 Å². The van der Waals surface area contributed by atoms with Crippen LogP contribution in [0.4, 0.5) is 17.5 Å². The number of nitriles is 1. The maximum Gasteiger partial charge on any atom is 0.248 e. The molecule has 0 aromatic carbocycles. The Morgan fingerprint density at radius 1 is 1.31 bits per heavy atom. The SMILES string of the molecule is N#C[C@@]1(C2CC2)CCN(c2ccnc(Nc3cnn(NC(=O)C4CC4)c3)n2)C1=O. The summed E-state index contributed by atoms with van der Waals surface area (Å²) in [5, 5.41) is 16.8. The van der Waals surface area contributed by atoms with Crippen molar-refractivity contribution in [2.24, 2.45) is 17.3 Å². The van der Waals surface area contributed by atoms with E-state index in [0.29, 0.717) is 30.4 Å². The third kappa shape index (κ3) is 3.18. The van der Waals surface area contributed by atoms with E-state index in [1.165, 1.54) is 4.79 Å². The average Bonchev–Trinajstić information content (AvgIpc) is 3.65. The second-order valence-corrected chi connectivity index (χ2v) is 7.85. The zero-order valence-corrected chi connectivity index (χ0v) is 15.7. The van der Waals surface area contributed by atoms with Crippen molar-refractivity contribution in [3.63, 3.8) is 0 Å². The van der Waals surface area contributed by atoms with Crippen molar-refractivity contribution in [1.82, 2.24) is 19.9 Å². The van der Waals surface area contributed by atoms with Crippen molar-refractivity contribution in [3.8, 4) is 6.07 Å². The highest BCUT2D eigenvalue weighted by molar-refractivity contribution is 6.01. The van der Waals surface area contributed by atoms with Gasteiger partial charge in [0.2, 0.25) is 17.8 Å². The Hall–Kier alpha value is -3.48. The minimum Gasteiger partial charge on any atom is -0.321 e. The molecule has 0 unspecified atom stereocenters. The standard InChI is InChI=1S/C19H20N8O2/c20-11-19(13-3-4-13)6-8-26(17(19)29)15-5-7-21-18(24-15)23-14-9-22-27(10-14)25-16(28)12-1-2-12/h5,7,9-10,12-13H,1-4,6,8H2,(H,25,28)(H,21,23,24)/t19-/m1/s1. The minimum atomic E-state index is -0.903. The van der Waals surface area contributed by atoms with Gasteiger partial charge in [0, 0.05) is 18.7 Å². The summed E-state index contributed by atoms with van der Waals surface area (Å²) in [7, 11) is 0. The molecule has 10 heteroatoms. The minimum absolute atomic E-state index is 0.0397. The van der Waals surface area contributed by atoms with Gasteiger partial charge in [0.1, 0.15) is 11.2 Å². The summed E-state index contributed by atoms with van der Waals surface area (Å²) in [4.78, 5) is 36.3. The van der Waals surface area contributed by atoms with E-state index in [0.717, 1.165) is 25.7 Å². The normalized spacial score (nSPS) is 23.7. The molecule has 1 aliphatic heterocycles. The number of hydrogen-bond acceptors (Lipinski definition) is 7. The summed E-state index contributed by atoms with van der Waals surface area (Å²) >= 11 is 0. The van der Waals surface area contributed by atoms with Crippen LogP contribution in [0.5, 0.6) is 0 Å². The summed E-state index contributed by atoms with van der Waals surface area (Å²) in [6.45, 7) is 0.477. The molecule has 2 N–H and O–H groups in total. The van der Waals surface area contributed by atoms with Crippen molar-refractivity contribution in [1.29, 1.82) is 5.26 Å². The van der Waals surface area contributed by atoms with Gasteiger partial charge in [-0.15, -0.1) is 0 Å². The van der Waals surface area contributed by atoms with E-state index in [4.69, 9.17) is 0 Å². The van der Waals surface area contributed by atoms with E-state index in [1.54, 1.807) is 29.6 Å². The van der Waals surface area contributed by atoms with Crippen LogP contribution in [0.1, 0.15) is 32.1 Å². The largest absolute Gasteiger partial charge is 0.321 e. The van der Waals surface area contributed by atoms with Crippen molar-refractivity contribution in [2.45, 2.75) is 32.1 Å². The first kappa shape index (κ1) is 17.6. The lowest BCUT2D eigenvalue weighted by Crippen LogP contribution is -2.35. The molecule has 3 fully saturated rings. The Morgan fingerprint density at radius 2 is 2.14 bits per heavy atom. The first-order chi connectivity index (χ1) is 14.1. The van der Waals surface area contributed by atoms with E-state index in [2.05, 4.69) is 31.9 Å². The Bertz CT molecular complexity index is 1020. The lowest BCUT2D eigenvalue weighted by Gasteiger charge is -2.20. The highest BCUT2D eigenvalue weighted by atomic mass is 16.2. The van der Waals surface area contributed by atoms with Crippen molar-refractivity contribution in [2.75, 3.05) is 22.2 Å². The van der Waals surface area contributed by atoms with Crippen LogP contribution >= 0.6 is 0 Å². The lowest BCUT2D eigenvalue weighted by atomic mass is 9.83. The maximum absolute atomic E-state index is 12.9. The maximum atomic E-state index is 12.9. The lowest BCUT2D eigenvalue weighted by molar-refractivity contribution is -0.124. The molecule has 29 heavy (non-hydrogen) atoms. The predicted molar refractivity (Wildman–Crippen MR) is 102 cm³/mol. The summed E-state index contributed by atoms with van der Waals surface area (Å²) < 4.78 is 0. The van der Waals surface area contributed by atoms with Crippen molar-refractivity contribution < 1.29 is 9.59 Å². The Kier molecular flexibility index (Phi) is 3.97. The smallest absolute Gasteiger partial charge is 0.248 e. The van der Waals surface area contributed by atoms with Crippen LogP contribution in [-0.4, -0.2) is 38.2 Å². The number of amides is 2. The molecular weight excluding hydrogens is 372 g/mol. The number of anilines is 3. The molecule has 0 bridgehead atoms. The molecule has 3 heterocycles. The van der Waals surface area contributed by atoms with Gasteiger partial charge in [-0.25, -0.2) is 10.4 Å². The summed E-state index contributed by atoms with van der Waals surface area (Å²) in [6, 6.07) is 3.95. The van der Waals surface area contributed by atoms with E-state index in [-0.39, 0.29) is 23.7 Å². The van der Waals surface area contributed by atoms with Crippen LogP contribution < -0.4 is 15.6 Å². The number of rotatable bonds is 6. The molecule has 0 spiro atoms. The first-order valence-corrected chi connectivity index (χ1v) is 9.78. The second-order valence-electron chi connectivity index (χ2n) is 7.85. The van der Waals surface area contributed by atoms with E-state index < -0.39 is 5.41 Å². The monoisotopic (exact) mass is 392 g/mol. The molecule has 10 nitrogen and oxygen atoms in total. The third-order valence-electron chi connectivity index (χ3n) is 5.76. The van der Waals surface area contributed by atoms with Gasteiger partial charge in [-0.05, 0) is 44.1 Å². The fraction of sp³-hybridized carbons (Fsp3) is 0.474. The molecule has 2 aromatic heterocycles. The molecule has 2 aliphatic carbocycles. The predicted octanol–water partition coefficient (Wildman–Crippen LogP) is 1.55. The zero-order chi connectivity index (χ0) is 20.0. The van der Waals surface area contributed by atoms with Gasteiger partial charge < -0.3 is 5.32 Å². The molecular formula is C19H20N8O2. The number of aromatic nitrogens is 4. The molecule has 2 saturated carbocycles. The Morgan fingerprint density at radius 3 is 2.86 bits per heavy atom. The average molecular weight is 392 g/mol. The van der Waals surface area contributed by atoms with Gasteiger partial charge >= 0.3 is 0 Å². The first-order valence-electron chi connectivity index (χ1n) is 9.78. The summed E-state index contributed by atoms with van der Waals surface area (Å²) in [5.74, 6) is 0.833. The number of carbonyl (C=O) groups excluding carboxylic acids is 2. The zero-order valence-electron chi connectivity index (χ0n) is 15.7. The fourth-order valence-electron chi connectivity index (χ4n) is 3.79. The molecule has 148 valence electrons. The molecule has 1 atom stereocenters. The number of nitrogens with one attached hydrogen (secondary N) is 2. The van der Waals surface area contributed by atoms with Crippen molar-refractivity contribution in [3.05, 3.63) is 24.7 Å². The molecule has 5 rings (SSSR count). The highest BCUT2D eigenvalue weighted by Gasteiger charge is 2.57. The number of nitrogens with zero attached hydrogens (tertiary/aromatic N) is 6. The van der Waals surface area contributed by atoms with Crippen LogP contribution in [0.3, 0.4) is 0 Å². The van der Waals surface area contributed by atoms with Crippen LogP contribution in [-0.2, 0) is 9.59 Å². The number of carbonyl (C=O) groups is 2. The highest BCUT2D eigenvalue weighted by Crippen LogP contribution is 2.51. The fourth-order valence-corrected chi connectivity index (χ4v) is 3.79. The summed E-state index contributed by atoms with van der Waals surface area (Å²) in [6.07, 6.45) is 9.00. The van der Waals surface area contributed by atoms with E-state index in [1.807, 2.05) is 0 Å². The van der Waals surface area contributed by atoms with Crippen LogP contribution in [0.25, 0.3) is 0 Å². The van der Waals surface area contributed by atoms with Gasteiger partial charge in [-0.1, -0.05) is 0 Å². The van der Waals surface area contributed by atoms with Crippen LogP contribution in [0.2, 0.25) is 0 Å². The van der Waals surface area contributed by atoms with Gasteiger partial charge in [0.05, 0.1) is 24.2 Å². The van der Waals surface area contributed by atoms with Crippen LogP contribution in [0, 0.1) is 28.6 Å². The third-order valence-corrected chi connectivity index (χ3v) is 5.76. The Balaban J connectivity index is 1.29. The molecule has 3 aliphatic rings. The van der Waals surface area contributed by atoms with Crippen LogP contribution in [0.15, 0.2) is 24.7 Å². The van der Waals surface area contributed by atoms with Gasteiger partial charge in [0.15, 0.2) is 0 Å².